The van der Waals surface area contributed by atoms with Crippen LogP contribution in [-0.4, -0.2) is 41.8 Å². The van der Waals surface area contributed by atoms with Crippen molar-refractivity contribution >= 4 is 5.97 Å². The summed E-state index contributed by atoms with van der Waals surface area (Å²) in [5, 5.41) is 8.56. The zero-order valence-electron chi connectivity index (χ0n) is 11.1. The van der Waals surface area contributed by atoms with E-state index in [-0.39, 0.29) is 12.5 Å². The van der Waals surface area contributed by atoms with E-state index in [9.17, 15) is 4.79 Å². The molecule has 0 saturated carbocycles. The first kappa shape index (κ1) is 14.0. The molecule has 0 radical (unpaired) electrons. The first-order valence-corrected chi connectivity index (χ1v) is 6.84. The van der Waals surface area contributed by atoms with Crippen LogP contribution in [0.25, 0.3) is 0 Å². The number of carboxylic acids is 1. The van der Waals surface area contributed by atoms with E-state index in [2.05, 4.69) is 29.2 Å². The molecule has 0 aromatic heterocycles. The number of hydrogen-bond acceptors (Lipinski definition) is 3. The van der Waals surface area contributed by atoms with E-state index in [1.807, 2.05) is 6.07 Å². The van der Waals surface area contributed by atoms with Crippen LogP contribution < -0.4 is 0 Å². The summed E-state index contributed by atoms with van der Waals surface area (Å²) in [5.41, 5.74) is 1.34. The number of benzene rings is 1. The first-order valence-electron chi connectivity index (χ1n) is 6.84. The lowest BCUT2D eigenvalue weighted by Gasteiger charge is -2.31. The van der Waals surface area contributed by atoms with Crippen LogP contribution in [0.1, 0.15) is 24.8 Å². The Morgan fingerprint density at radius 2 is 1.95 bits per heavy atom. The van der Waals surface area contributed by atoms with Crippen molar-refractivity contribution in [3.05, 3.63) is 35.9 Å². The van der Waals surface area contributed by atoms with E-state index < -0.39 is 5.97 Å². The summed E-state index contributed by atoms with van der Waals surface area (Å²) in [6, 6.07) is 10.5. The maximum absolute atomic E-state index is 10.4. The molecule has 1 aliphatic heterocycles. The minimum absolute atomic E-state index is 0.101. The molecular formula is C15H21NO3. The zero-order chi connectivity index (χ0) is 13.5. The molecule has 104 valence electrons. The maximum atomic E-state index is 10.4. The number of carboxylic acid groups (broad SMARTS) is 1. The Morgan fingerprint density at radius 1 is 1.26 bits per heavy atom. The Hall–Kier alpha value is -1.39. The van der Waals surface area contributed by atoms with Gasteiger partial charge in [0.1, 0.15) is 0 Å². The molecular weight excluding hydrogens is 242 g/mol. The van der Waals surface area contributed by atoms with Crippen molar-refractivity contribution in [2.45, 2.75) is 31.9 Å². The molecule has 4 heteroatoms. The topological polar surface area (TPSA) is 49.8 Å². The standard InChI is InChI=1S/C15H21NO3/c17-15(18)8-11-19-14-6-9-16(10-7-14)12-13-4-2-1-3-5-13/h1-5,14H,6-12H2,(H,17,18). The molecule has 1 aromatic carbocycles. The smallest absolute Gasteiger partial charge is 0.305 e. The van der Waals surface area contributed by atoms with Gasteiger partial charge in [0.05, 0.1) is 19.1 Å². The molecule has 1 N–H and O–H groups in total. The quantitative estimate of drug-likeness (QED) is 0.854. The Morgan fingerprint density at radius 3 is 2.58 bits per heavy atom. The number of aliphatic carboxylic acids is 1. The van der Waals surface area contributed by atoms with Crippen LogP contribution in [0.2, 0.25) is 0 Å². The van der Waals surface area contributed by atoms with Gasteiger partial charge in [-0.2, -0.15) is 0 Å². The van der Waals surface area contributed by atoms with Gasteiger partial charge >= 0.3 is 5.97 Å². The lowest BCUT2D eigenvalue weighted by atomic mass is 10.1. The number of piperidine rings is 1. The van der Waals surface area contributed by atoms with Crippen LogP contribution in [0.3, 0.4) is 0 Å². The maximum Gasteiger partial charge on any atom is 0.305 e. The van der Waals surface area contributed by atoms with E-state index in [0.717, 1.165) is 32.5 Å². The summed E-state index contributed by atoms with van der Waals surface area (Å²) in [6.07, 6.45) is 2.31. The highest BCUT2D eigenvalue weighted by molar-refractivity contribution is 5.66. The van der Waals surface area contributed by atoms with Crippen LogP contribution in [0.5, 0.6) is 0 Å². The number of likely N-dealkylation sites (tertiary alicyclic amines) is 1. The molecule has 0 unspecified atom stereocenters. The van der Waals surface area contributed by atoms with E-state index >= 15 is 0 Å². The van der Waals surface area contributed by atoms with Gasteiger partial charge in [0, 0.05) is 19.6 Å². The fourth-order valence-corrected chi connectivity index (χ4v) is 2.39. The van der Waals surface area contributed by atoms with Gasteiger partial charge in [-0.25, -0.2) is 0 Å². The van der Waals surface area contributed by atoms with Gasteiger partial charge in [-0.1, -0.05) is 30.3 Å². The van der Waals surface area contributed by atoms with Gasteiger partial charge in [-0.05, 0) is 18.4 Å². The number of hydrogen-bond donors (Lipinski definition) is 1. The third-order valence-corrected chi connectivity index (χ3v) is 3.45. The number of rotatable bonds is 6. The number of ether oxygens (including phenoxy) is 1. The van der Waals surface area contributed by atoms with Crippen LogP contribution in [0, 0.1) is 0 Å². The molecule has 0 atom stereocenters. The van der Waals surface area contributed by atoms with Crippen LogP contribution in [0.15, 0.2) is 30.3 Å². The number of nitrogens with zero attached hydrogens (tertiary/aromatic N) is 1. The van der Waals surface area contributed by atoms with Gasteiger partial charge in [0.25, 0.3) is 0 Å². The summed E-state index contributed by atoms with van der Waals surface area (Å²) in [7, 11) is 0. The average Bonchev–Trinajstić information content (AvgIpc) is 2.42. The molecule has 19 heavy (non-hydrogen) atoms. The van der Waals surface area contributed by atoms with Crippen molar-refractivity contribution in [1.82, 2.24) is 4.90 Å². The van der Waals surface area contributed by atoms with E-state index in [4.69, 9.17) is 9.84 Å². The molecule has 0 bridgehead atoms. The largest absolute Gasteiger partial charge is 0.481 e. The third-order valence-electron chi connectivity index (χ3n) is 3.45. The Labute approximate surface area is 114 Å². The van der Waals surface area contributed by atoms with Crippen molar-refractivity contribution in [1.29, 1.82) is 0 Å². The second-order valence-electron chi connectivity index (χ2n) is 4.98. The first-order chi connectivity index (χ1) is 9.24. The minimum Gasteiger partial charge on any atom is -0.481 e. The normalized spacial score (nSPS) is 17.5. The fourth-order valence-electron chi connectivity index (χ4n) is 2.39. The summed E-state index contributed by atoms with van der Waals surface area (Å²) in [5.74, 6) is -0.790. The molecule has 4 nitrogen and oxygen atoms in total. The molecule has 1 fully saturated rings. The highest BCUT2D eigenvalue weighted by Crippen LogP contribution is 2.16. The lowest BCUT2D eigenvalue weighted by molar-refractivity contribution is -0.138. The fraction of sp³-hybridized carbons (Fsp3) is 0.533. The minimum atomic E-state index is -0.790. The van der Waals surface area contributed by atoms with Crippen molar-refractivity contribution in [2.75, 3.05) is 19.7 Å². The summed E-state index contributed by atoms with van der Waals surface area (Å²) in [4.78, 5) is 12.8. The van der Waals surface area contributed by atoms with Gasteiger partial charge in [0.15, 0.2) is 0 Å². The van der Waals surface area contributed by atoms with E-state index in [0.29, 0.717) is 6.61 Å². The van der Waals surface area contributed by atoms with Gasteiger partial charge in [-0.15, -0.1) is 0 Å². The van der Waals surface area contributed by atoms with Crippen LogP contribution in [-0.2, 0) is 16.1 Å². The Balaban J connectivity index is 1.66. The molecule has 0 aliphatic carbocycles. The van der Waals surface area contributed by atoms with Gasteiger partial charge in [0.2, 0.25) is 0 Å². The third kappa shape index (κ3) is 5.01. The number of carbonyl (C=O) groups is 1. The van der Waals surface area contributed by atoms with Gasteiger partial charge in [-0.3, -0.25) is 9.69 Å². The molecule has 1 aromatic rings. The lowest BCUT2D eigenvalue weighted by Crippen LogP contribution is -2.36. The zero-order valence-corrected chi connectivity index (χ0v) is 11.1. The van der Waals surface area contributed by atoms with Gasteiger partial charge < -0.3 is 9.84 Å². The second-order valence-corrected chi connectivity index (χ2v) is 4.98. The molecule has 1 aliphatic rings. The second kappa shape index (κ2) is 7.26. The predicted octanol–water partition coefficient (Wildman–Crippen LogP) is 2.14. The highest BCUT2D eigenvalue weighted by Gasteiger charge is 2.19. The summed E-state index contributed by atoms with van der Waals surface area (Å²) >= 11 is 0. The Kier molecular flexibility index (Phi) is 5.36. The average molecular weight is 263 g/mol. The monoisotopic (exact) mass is 263 g/mol. The highest BCUT2D eigenvalue weighted by atomic mass is 16.5. The molecule has 1 heterocycles. The predicted molar refractivity (Wildman–Crippen MR) is 72.9 cm³/mol. The van der Waals surface area contributed by atoms with Crippen molar-refractivity contribution in [3.63, 3.8) is 0 Å². The summed E-state index contributed by atoms with van der Waals surface area (Å²) in [6.45, 7) is 3.36. The van der Waals surface area contributed by atoms with Crippen LogP contribution in [0.4, 0.5) is 0 Å². The van der Waals surface area contributed by atoms with Crippen molar-refractivity contribution in [2.24, 2.45) is 0 Å². The molecule has 2 rings (SSSR count). The van der Waals surface area contributed by atoms with E-state index in [1.54, 1.807) is 0 Å². The SMILES string of the molecule is O=C(O)CCOC1CCN(Cc2ccccc2)CC1. The van der Waals surface area contributed by atoms with Crippen LogP contribution >= 0.6 is 0 Å². The summed E-state index contributed by atoms with van der Waals surface area (Å²) < 4.78 is 5.58. The molecule has 0 spiro atoms. The van der Waals surface area contributed by atoms with E-state index in [1.165, 1.54) is 5.56 Å². The van der Waals surface area contributed by atoms with Crippen molar-refractivity contribution in [3.8, 4) is 0 Å². The molecule has 1 saturated heterocycles. The molecule has 0 amide bonds. The van der Waals surface area contributed by atoms with Crippen molar-refractivity contribution < 1.29 is 14.6 Å². The Bertz CT molecular complexity index is 386.